The molecule has 0 atom stereocenters. The fourth-order valence-corrected chi connectivity index (χ4v) is 2.91. The SMILES string of the molecule is O=C(O)CSc1nc(Nc2ccc(C(=O)O)cc2)nc2ccccc12. The number of anilines is 2. The van der Waals surface area contributed by atoms with Gasteiger partial charge in [0.05, 0.1) is 16.8 Å². The lowest BCUT2D eigenvalue weighted by Crippen LogP contribution is -2.02. The zero-order valence-electron chi connectivity index (χ0n) is 12.8. The number of carboxylic acids is 2. The number of aliphatic carboxylic acids is 1. The van der Waals surface area contributed by atoms with Gasteiger partial charge in [0.2, 0.25) is 5.95 Å². The molecule has 8 heteroatoms. The van der Waals surface area contributed by atoms with Gasteiger partial charge in [-0.2, -0.15) is 0 Å². The summed E-state index contributed by atoms with van der Waals surface area (Å²) in [6.07, 6.45) is 0. The first-order valence-corrected chi connectivity index (χ1v) is 8.23. The number of thioether (sulfide) groups is 1. The summed E-state index contributed by atoms with van der Waals surface area (Å²) in [4.78, 5) is 30.5. The summed E-state index contributed by atoms with van der Waals surface area (Å²) in [6.45, 7) is 0. The Labute approximate surface area is 146 Å². The van der Waals surface area contributed by atoms with Gasteiger partial charge in [-0.1, -0.05) is 30.0 Å². The number of fused-ring (bicyclic) bond motifs is 1. The second-order valence-electron chi connectivity index (χ2n) is 5.06. The predicted octanol–water partition coefficient (Wildman–Crippen LogP) is 3.25. The van der Waals surface area contributed by atoms with E-state index in [1.807, 2.05) is 24.3 Å². The van der Waals surface area contributed by atoms with Crippen LogP contribution < -0.4 is 5.32 Å². The maximum Gasteiger partial charge on any atom is 0.335 e. The minimum Gasteiger partial charge on any atom is -0.481 e. The van der Waals surface area contributed by atoms with Crippen LogP contribution >= 0.6 is 11.8 Å². The summed E-state index contributed by atoms with van der Waals surface area (Å²) in [7, 11) is 0. The van der Waals surface area contributed by atoms with E-state index >= 15 is 0 Å². The number of benzene rings is 2. The summed E-state index contributed by atoms with van der Waals surface area (Å²) in [5.74, 6) is -1.71. The fourth-order valence-electron chi connectivity index (χ4n) is 2.17. The van der Waals surface area contributed by atoms with Crippen LogP contribution in [0.25, 0.3) is 10.9 Å². The molecular weight excluding hydrogens is 342 g/mol. The van der Waals surface area contributed by atoms with Crippen molar-refractivity contribution in [2.45, 2.75) is 5.03 Å². The van der Waals surface area contributed by atoms with E-state index in [2.05, 4.69) is 15.3 Å². The molecule has 3 aromatic rings. The molecule has 0 fully saturated rings. The van der Waals surface area contributed by atoms with Gasteiger partial charge in [-0.25, -0.2) is 14.8 Å². The molecule has 0 spiro atoms. The summed E-state index contributed by atoms with van der Waals surface area (Å²) in [5, 5.41) is 22.2. The third kappa shape index (κ3) is 4.04. The number of para-hydroxylation sites is 1. The van der Waals surface area contributed by atoms with Gasteiger partial charge >= 0.3 is 11.9 Å². The molecule has 0 saturated carbocycles. The van der Waals surface area contributed by atoms with Crippen LogP contribution in [0, 0.1) is 0 Å². The Morgan fingerprint density at radius 1 is 1.00 bits per heavy atom. The van der Waals surface area contributed by atoms with Gasteiger partial charge < -0.3 is 15.5 Å². The van der Waals surface area contributed by atoms with Crippen molar-refractivity contribution in [1.29, 1.82) is 0 Å². The zero-order valence-corrected chi connectivity index (χ0v) is 13.7. The van der Waals surface area contributed by atoms with Crippen molar-refractivity contribution in [1.82, 2.24) is 9.97 Å². The Morgan fingerprint density at radius 3 is 2.40 bits per heavy atom. The lowest BCUT2D eigenvalue weighted by atomic mass is 10.2. The zero-order chi connectivity index (χ0) is 17.8. The molecule has 0 aliphatic carbocycles. The number of aromatic nitrogens is 2. The first kappa shape index (κ1) is 16.7. The van der Waals surface area contributed by atoms with Crippen LogP contribution in [-0.2, 0) is 4.79 Å². The van der Waals surface area contributed by atoms with E-state index in [1.165, 1.54) is 12.1 Å². The van der Waals surface area contributed by atoms with Crippen LogP contribution in [0.4, 0.5) is 11.6 Å². The Hall–Kier alpha value is -3.13. The molecule has 0 amide bonds. The van der Waals surface area contributed by atoms with Crippen molar-refractivity contribution in [2.75, 3.05) is 11.1 Å². The first-order valence-electron chi connectivity index (χ1n) is 7.24. The number of hydrogen-bond acceptors (Lipinski definition) is 6. The number of nitrogens with zero attached hydrogens (tertiary/aromatic N) is 2. The largest absolute Gasteiger partial charge is 0.481 e. The molecule has 0 radical (unpaired) electrons. The van der Waals surface area contributed by atoms with Crippen molar-refractivity contribution >= 4 is 46.2 Å². The van der Waals surface area contributed by atoms with Gasteiger partial charge in [0.25, 0.3) is 0 Å². The maximum absolute atomic E-state index is 10.9. The number of carbonyl (C=O) groups is 2. The second kappa shape index (κ2) is 7.18. The van der Waals surface area contributed by atoms with E-state index in [-0.39, 0.29) is 11.3 Å². The lowest BCUT2D eigenvalue weighted by molar-refractivity contribution is -0.133. The van der Waals surface area contributed by atoms with Gasteiger partial charge in [0.15, 0.2) is 0 Å². The summed E-state index contributed by atoms with van der Waals surface area (Å²) in [6, 6.07) is 13.5. The standard InChI is InChI=1S/C17H13N3O4S/c21-14(22)9-25-15-12-3-1-2-4-13(12)19-17(20-15)18-11-7-5-10(6-8-11)16(23)24/h1-8H,9H2,(H,21,22)(H,23,24)(H,18,19,20). The molecular formula is C17H13N3O4S. The molecule has 3 N–H and O–H groups in total. The molecule has 1 aromatic heterocycles. The van der Waals surface area contributed by atoms with Gasteiger partial charge in [0.1, 0.15) is 5.03 Å². The third-order valence-corrected chi connectivity index (χ3v) is 4.26. The molecule has 1 heterocycles. The van der Waals surface area contributed by atoms with Crippen LogP contribution in [0.2, 0.25) is 0 Å². The third-order valence-electron chi connectivity index (χ3n) is 3.29. The van der Waals surface area contributed by atoms with Gasteiger partial charge in [-0.3, -0.25) is 4.79 Å². The average Bonchev–Trinajstić information content (AvgIpc) is 2.60. The average molecular weight is 355 g/mol. The van der Waals surface area contributed by atoms with E-state index in [0.717, 1.165) is 17.1 Å². The smallest absolute Gasteiger partial charge is 0.335 e. The molecule has 0 bridgehead atoms. The Balaban J connectivity index is 1.92. The van der Waals surface area contributed by atoms with Crippen LogP contribution in [0.3, 0.4) is 0 Å². The van der Waals surface area contributed by atoms with Crippen molar-refractivity contribution in [3.05, 3.63) is 54.1 Å². The molecule has 0 saturated heterocycles. The monoisotopic (exact) mass is 355 g/mol. The van der Waals surface area contributed by atoms with Crippen molar-refractivity contribution < 1.29 is 19.8 Å². The van der Waals surface area contributed by atoms with Crippen LogP contribution in [-0.4, -0.2) is 37.9 Å². The highest BCUT2D eigenvalue weighted by molar-refractivity contribution is 8.00. The molecule has 126 valence electrons. The first-order chi connectivity index (χ1) is 12.0. The number of rotatable bonds is 6. The lowest BCUT2D eigenvalue weighted by Gasteiger charge is -2.09. The molecule has 25 heavy (non-hydrogen) atoms. The van der Waals surface area contributed by atoms with E-state index in [0.29, 0.717) is 22.2 Å². The quantitative estimate of drug-likeness (QED) is 0.456. The van der Waals surface area contributed by atoms with Crippen molar-refractivity contribution in [3.8, 4) is 0 Å². The minimum atomic E-state index is -0.999. The Kier molecular flexibility index (Phi) is 4.80. The maximum atomic E-state index is 10.9. The molecule has 7 nitrogen and oxygen atoms in total. The van der Waals surface area contributed by atoms with E-state index in [4.69, 9.17) is 10.2 Å². The van der Waals surface area contributed by atoms with Crippen LogP contribution in [0.1, 0.15) is 10.4 Å². The highest BCUT2D eigenvalue weighted by atomic mass is 32.2. The number of carboxylic acid groups (broad SMARTS) is 2. The Bertz CT molecular complexity index is 944. The number of aromatic carboxylic acids is 1. The summed E-state index contributed by atoms with van der Waals surface area (Å²) in [5.41, 5.74) is 1.51. The molecule has 2 aromatic carbocycles. The van der Waals surface area contributed by atoms with Crippen LogP contribution in [0.5, 0.6) is 0 Å². The van der Waals surface area contributed by atoms with Gasteiger partial charge in [0, 0.05) is 11.1 Å². The predicted molar refractivity (Wildman–Crippen MR) is 94.6 cm³/mol. The second-order valence-corrected chi connectivity index (χ2v) is 6.02. The fraction of sp³-hybridized carbons (Fsp3) is 0.0588. The summed E-state index contributed by atoms with van der Waals surface area (Å²) < 4.78 is 0. The van der Waals surface area contributed by atoms with Crippen molar-refractivity contribution in [2.24, 2.45) is 0 Å². The highest BCUT2D eigenvalue weighted by Crippen LogP contribution is 2.27. The summed E-state index contributed by atoms with van der Waals surface area (Å²) >= 11 is 1.12. The van der Waals surface area contributed by atoms with Crippen molar-refractivity contribution in [3.63, 3.8) is 0 Å². The number of nitrogens with one attached hydrogen (secondary N) is 1. The topological polar surface area (TPSA) is 112 Å². The van der Waals surface area contributed by atoms with Gasteiger partial charge in [-0.15, -0.1) is 0 Å². The van der Waals surface area contributed by atoms with E-state index in [9.17, 15) is 9.59 Å². The molecule has 0 unspecified atom stereocenters. The van der Waals surface area contributed by atoms with Gasteiger partial charge in [-0.05, 0) is 30.3 Å². The van der Waals surface area contributed by atoms with E-state index in [1.54, 1.807) is 12.1 Å². The molecule has 0 aliphatic rings. The number of hydrogen-bond donors (Lipinski definition) is 3. The molecule has 3 rings (SSSR count). The normalized spacial score (nSPS) is 10.6. The highest BCUT2D eigenvalue weighted by Gasteiger charge is 2.10. The van der Waals surface area contributed by atoms with Crippen LogP contribution in [0.15, 0.2) is 53.6 Å². The molecule has 0 aliphatic heterocycles. The minimum absolute atomic E-state index is 0.103. The Morgan fingerprint density at radius 2 is 1.72 bits per heavy atom. The van der Waals surface area contributed by atoms with E-state index < -0.39 is 11.9 Å².